The third kappa shape index (κ3) is 4.87. The second-order valence-corrected chi connectivity index (χ2v) is 9.20. The molecule has 3 aromatic rings. The molecule has 4 rings (SSSR count). The molecule has 0 aliphatic heterocycles. The minimum atomic E-state index is -1.02. The lowest BCUT2D eigenvalue weighted by Gasteiger charge is -2.25. The van der Waals surface area contributed by atoms with Gasteiger partial charge < -0.3 is 19.4 Å². The average Bonchev–Trinajstić information content (AvgIpc) is 3.40. The van der Waals surface area contributed by atoms with Crippen LogP contribution in [0.5, 0.6) is 0 Å². The fourth-order valence-electron chi connectivity index (χ4n) is 4.67. The Hall–Kier alpha value is -3.09. The van der Waals surface area contributed by atoms with Crippen LogP contribution in [0.2, 0.25) is 0 Å². The molecule has 1 atom stereocenters. The van der Waals surface area contributed by atoms with E-state index in [1.807, 2.05) is 26.0 Å². The number of aromatic nitrogens is 2. The fraction of sp³-hybridized carbons (Fsp3) is 0.480. The highest BCUT2D eigenvalue weighted by molar-refractivity contribution is 5.99. The summed E-state index contributed by atoms with van der Waals surface area (Å²) in [7, 11) is 0. The van der Waals surface area contributed by atoms with Crippen molar-refractivity contribution in [2.45, 2.75) is 70.9 Å². The number of aliphatic carboxylic acids is 1. The molecule has 1 saturated carbocycles. The molecule has 2 heterocycles. The van der Waals surface area contributed by atoms with Gasteiger partial charge in [0.05, 0.1) is 23.6 Å². The van der Waals surface area contributed by atoms with Gasteiger partial charge in [0, 0.05) is 18.0 Å². The molecular weight excluding hydrogens is 406 g/mol. The molecule has 170 valence electrons. The molecule has 0 spiro atoms. The Kier molecular flexibility index (Phi) is 6.63. The van der Waals surface area contributed by atoms with Crippen molar-refractivity contribution in [1.82, 2.24) is 14.9 Å². The number of nitrogens with zero attached hydrogens (tertiary/aromatic N) is 2. The Morgan fingerprint density at radius 2 is 2.00 bits per heavy atom. The van der Waals surface area contributed by atoms with Gasteiger partial charge in [-0.1, -0.05) is 33.1 Å². The van der Waals surface area contributed by atoms with E-state index in [-0.39, 0.29) is 11.8 Å². The predicted octanol–water partition coefficient (Wildman–Crippen LogP) is 4.95. The molecule has 0 radical (unpaired) electrons. The topological polar surface area (TPSA) is 97.4 Å². The van der Waals surface area contributed by atoms with Crippen LogP contribution in [0.1, 0.15) is 80.2 Å². The zero-order valence-corrected chi connectivity index (χ0v) is 18.7. The summed E-state index contributed by atoms with van der Waals surface area (Å²) in [6.07, 6.45) is 10.4. The molecular formula is C25H31N3O4. The van der Waals surface area contributed by atoms with Crippen LogP contribution < -0.4 is 5.32 Å². The van der Waals surface area contributed by atoms with E-state index in [2.05, 4.69) is 9.88 Å². The number of furan rings is 1. The minimum Gasteiger partial charge on any atom is -0.480 e. The number of fused-ring (bicyclic) bond motifs is 1. The summed E-state index contributed by atoms with van der Waals surface area (Å²) in [4.78, 5) is 29.3. The van der Waals surface area contributed by atoms with Gasteiger partial charge in [-0.25, -0.2) is 9.78 Å². The first-order valence-corrected chi connectivity index (χ1v) is 11.5. The largest absolute Gasteiger partial charge is 0.480 e. The van der Waals surface area contributed by atoms with E-state index in [0.29, 0.717) is 24.4 Å². The highest BCUT2D eigenvalue weighted by Crippen LogP contribution is 2.33. The summed E-state index contributed by atoms with van der Waals surface area (Å²) in [6, 6.07) is 6.94. The van der Waals surface area contributed by atoms with Gasteiger partial charge >= 0.3 is 5.97 Å². The lowest BCUT2D eigenvalue weighted by molar-refractivity contribution is -0.139. The van der Waals surface area contributed by atoms with Crippen molar-refractivity contribution < 1.29 is 19.1 Å². The second kappa shape index (κ2) is 9.59. The summed E-state index contributed by atoms with van der Waals surface area (Å²) in [6.45, 7) is 3.88. The van der Waals surface area contributed by atoms with Crippen LogP contribution in [-0.2, 0) is 11.2 Å². The standard InChI is InChI=1S/C25H31N3O4/c1-16(2)12-21(25(30)31)27-24(29)18-8-9-22-20(14-18)26-23(13-17-10-11-32-15-17)28(22)19-6-4-3-5-7-19/h8-11,14-16,19,21H,3-7,12-13H2,1-2H3,(H,27,29)(H,30,31). The quantitative estimate of drug-likeness (QED) is 0.519. The zero-order chi connectivity index (χ0) is 22.7. The van der Waals surface area contributed by atoms with E-state index in [1.54, 1.807) is 24.7 Å². The van der Waals surface area contributed by atoms with Crippen molar-refractivity contribution in [2.24, 2.45) is 5.92 Å². The first kappa shape index (κ1) is 22.1. The van der Waals surface area contributed by atoms with E-state index in [0.717, 1.165) is 35.3 Å². The maximum Gasteiger partial charge on any atom is 0.326 e. The molecule has 2 aromatic heterocycles. The van der Waals surface area contributed by atoms with Gasteiger partial charge in [0.2, 0.25) is 0 Å². The number of amides is 1. The zero-order valence-electron chi connectivity index (χ0n) is 18.7. The number of imidazole rings is 1. The van der Waals surface area contributed by atoms with Crippen molar-refractivity contribution >= 4 is 22.9 Å². The smallest absolute Gasteiger partial charge is 0.326 e. The maximum atomic E-state index is 12.8. The summed E-state index contributed by atoms with van der Waals surface area (Å²) < 4.78 is 7.58. The number of carboxylic acids is 1. The third-order valence-electron chi connectivity index (χ3n) is 6.22. The molecule has 1 aliphatic carbocycles. The molecule has 7 nitrogen and oxygen atoms in total. The van der Waals surface area contributed by atoms with Gasteiger partial charge in [-0.2, -0.15) is 0 Å². The van der Waals surface area contributed by atoms with Gasteiger partial charge in [-0.15, -0.1) is 0 Å². The Bertz CT molecular complexity index is 1080. The second-order valence-electron chi connectivity index (χ2n) is 9.20. The third-order valence-corrected chi connectivity index (χ3v) is 6.22. The van der Waals surface area contributed by atoms with Gasteiger partial charge in [0.25, 0.3) is 5.91 Å². The number of rotatable bonds is 8. The summed E-state index contributed by atoms with van der Waals surface area (Å²) in [5.74, 6) is -0.273. The van der Waals surface area contributed by atoms with Crippen molar-refractivity contribution in [1.29, 1.82) is 0 Å². The molecule has 0 bridgehead atoms. The summed E-state index contributed by atoms with van der Waals surface area (Å²) in [5, 5.41) is 12.1. The first-order valence-electron chi connectivity index (χ1n) is 11.5. The van der Waals surface area contributed by atoms with Crippen LogP contribution in [0.15, 0.2) is 41.2 Å². The lowest BCUT2D eigenvalue weighted by atomic mass is 9.95. The van der Waals surface area contributed by atoms with E-state index < -0.39 is 12.0 Å². The van der Waals surface area contributed by atoms with E-state index in [1.165, 1.54) is 19.3 Å². The summed E-state index contributed by atoms with van der Waals surface area (Å²) >= 11 is 0. The van der Waals surface area contributed by atoms with Crippen molar-refractivity contribution in [3.63, 3.8) is 0 Å². The molecule has 1 amide bonds. The molecule has 7 heteroatoms. The maximum absolute atomic E-state index is 12.8. The summed E-state index contributed by atoms with van der Waals surface area (Å²) in [5.41, 5.74) is 3.27. The minimum absolute atomic E-state index is 0.163. The van der Waals surface area contributed by atoms with Crippen LogP contribution >= 0.6 is 0 Å². The van der Waals surface area contributed by atoms with Crippen molar-refractivity contribution in [3.05, 3.63) is 53.7 Å². The van der Waals surface area contributed by atoms with E-state index >= 15 is 0 Å². The Morgan fingerprint density at radius 1 is 1.22 bits per heavy atom. The molecule has 1 unspecified atom stereocenters. The highest BCUT2D eigenvalue weighted by atomic mass is 16.4. The molecule has 1 aromatic carbocycles. The molecule has 32 heavy (non-hydrogen) atoms. The monoisotopic (exact) mass is 437 g/mol. The number of carbonyl (C=O) groups is 2. The van der Waals surface area contributed by atoms with Crippen LogP contribution in [0.4, 0.5) is 0 Å². The van der Waals surface area contributed by atoms with Crippen LogP contribution in [0.25, 0.3) is 11.0 Å². The number of hydrogen-bond donors (Lipinski definition) is 2. The highest BCUT2D eigenvalue weighted by Gasteiger charge is 2.24. The number of benzene rings is 1. The van der Waals surface area contributed by atoms with Gasteiger partial charge in [-0.05, 0) is 55.0 Å². The van der Waals surface area contributed by atoms with Gasteiger partial charge in [0.1, 0.15) is 11.9 Å². The SMILES string of the molecule is CC(C)CC(NC(=O)c1ccc2c(c1)nc(Cc1ccoc1)n2C1CCCCC1)C(=O)O. The number of carbonyl (C=O) groups excluding carboxylic acids is 1. The predicted molar refractivity (Wildman–Crippen MR) is 122 cm³/mol. The molecule has 2 N–H and O–H groups in total. The number of nitrogens with one attached hydrogen (secondary N) is 1. The van der Waals surface area contributed by atoms with Gasteiger partial charge in [0.15, 0.2) is 0 Å². The van der Waals surface area contributed by atoms with Crippen LogP contribution in [-0.4, -0.2) is 32.6 Å². The fourth-order valence-corrected chi connectivity index (χ4v) is 4.67. The Balaban J connectivity index is 1.66. The van der Waals surface area contributed by atoms with E-state index in [9.17, 15) is 14.7 Å². The normalized spacial score (nSPS) is 15.8. The molecule has 0 saturated heterocycles. The van der Waals surface area contributed by atoms with Crippen LogP contribution in [0.3, 0.4) is 0 Å². The van der Waals surface area contributed by atoms with Crippen molar-refractivity contribution in [3.8, 4) is 0 Å². The Labute approximate surface area is 187 Å². The first-order chi connectivity index (χ1) is 15.4. The van der Waals surface area contributed by atoms with Crippen molar-refractivity contribution in [2.75, 3.05) is 0 Å². The van der Waals surface area contributed by atoms with Crippen LogP contribution in [0, 0.1) is 5.92 Å². The number of hydrogen-bond acceptors (Lipinski definition) is 4. The Morgan fingerprint density at radius 3 is 2.66 bits per heavy atom. The number of carboxylic acid groups (broad SMARTS) is 1. The average molecular weight is 438 g/mol. The van der Waals surface area contributed by atoms with E-state index in [4.69, 9.17) is 9.40 Å². The van der Waals surface area contributed by atoms with Gasteiger partial charge in [-0.3, -0.25) is 4.79 Å². The molecule has 1 fully saturated rings. The lowest BCUT2D eigenvalue weighted by Crippen LogP contribution is -2.41. The molecule has 1 aliphatic rings.